The summed E-state index contributed by atoms with van der Waals surface area (Å²) in [5.74, 6) is -0.0383. The topological polar surface area (TPSA) is 106 Å². The first-order chi connectivity index (χ1) is 19.4. The van der Waals surface area contributed by atoms with Crippen LogP contribution in [0.3, 0.4) is 0 Å². The predicted octanol–water partition coefficient (Wildman–Crippen LogP) is 5.32. The molecule has 0 saturated carbocycles. The van der Waals surface area contributed by atoms with Gasteiger partial charge in [0.25, 0.3) is 0 Å². The molecule has 9 nitrogen and oxygen atoms in total. The van der Waals surface area contributed by atoms with Gasteiger partial charge in [-0.15, -0.1) is 0 Å². The number of aromatic nitrogens is 3. The van der Waals surface area contributed by atoms with Crippen LogP contribution in [0.5, 0.6) is 0 Å². The number of hydrogen-bond acceptors (Lipinski definition) is 6. The SMILES string of the molecule is CN(C)C/C=C/C(=O)N1CCC[C@H](C(=O)Nc2cccc(Nc3ncc(Cl)c(-c4c[nH]c5ccccc45)n3)c2)C1. The van der Waals surface area contributed by atoms with Crippen molar-refractivity contribution >= 4 is 51.6 Å². The zero-order chi connectivity index (χ0) is 28.1. The number of likely N-dealkylation sites (tertiary alicyclic amines) is 1. The van der Waals surface area contributed by atoms with Gasteiger partial charge in [-0.2, -0.15) is 0 Å². The number of rotatable bonds is 8. The number of H-pyrrole nitrogens is 1. The molecule has 2 aromatic carbocycles. The number of hydrogen-bond donors (Lipinski definition) is 3. The fourth-order valence-corrected chi connectivity index (χ4v) is 4.99. The van der Waals surface area contributed by atoms with E-state index >= 15 is 0 Å². The highest BCUT2D eigenvalue weighted by molar-refractivity contribution is 6.33. The van der Waals surface area contributed by atoms with E-state index < -0.39 is 0 Å². The lowest BCUT2D eigenvalue weighted by molar-refractivity contribution is -0.130. The molecule has 0 aliphatic carbocycles. The van der Waals surface area contributed by atoms with Crippen LogP contribution in [0.25, 0.3) is 22.2 Å². The van der Waals surface area contributed by atoms with Crippen LogP contribution in [-0.4, -0.2) is 70.3 Å². The fourth-order valence-electron chi connectivity index (χ4n) is 4.79. The average Bonchev–Trinajstić information content (AvgIpc) is 3.38. The Morgan fingerprint density at radius 1 is 1.18 bits per heavy atom. The lowest BCUT2D eigenvalue weighted by atomic mass is 9.97. The molecule has 3 N–H and O–H groups in total. The molecular weight excluding hydrogens is 526 g/mol. The molecule has 0 bridgehead atoms. The quantitative estimate of drug-likeness (QED) is 0.253. The van der Waals surface area contributed by atoms with Crippen LogP contribution in [-0.2, 0) is 9.59 Å². The Kier molecular flexibility index (Phi) is 8.42. The largest absolute Gasteiger partial charge is 0.360 e. The van der Waals surface area contributed by atoms with Crippen molar-refractivity contribution in [1.29, 1.82) is 0 Å². The van der Waals surface area contributed by atoms with E-state index in [9.17, 15) is 9.59 Å². The Bertz CT molecular complexity index is 1550. The van der Waals surface area contributed by atoms with Crippen molar-refractivity contribution in [2.45, 2.75) is 12.8 Å². The molecule has 0 spiro atoms. The Morgan fingerprint density at radius 3 is 2.85 bits per heavy atom. The van der Waals surface area contributed by atoms with E-state index in [1.807, 2.05) is 79.8 Å². The number of likely N-dealkylation sites (N-methyl/N-ethyl adjacent to an activating group) is 1. The summed E-state index contributed by atoms with van der Waals surface area (Å²) in [4.78, 5) is 41.7. The lowest BCUT2D eigenvalue weighted by Crippen LogP contribution is -2.43. The fraction of sp³-hybridized carbons (Fsp3) is 0.267. The van der Waals surface area contributed by atoms with Crippen molar-refractivity contribution in [3.8, 4) is 11.3 Å². The minimum atomic E-state index is -0.269. The van der Waals surface area contributed by atoms with Gasteiger partial charge in [-0.05, 0) is 51.2 Å². The van der Waals surface area contributed by atoms with Gasteiger partial charge in [0.1, 0.15) is 0 Å². The third-order valence-electron chi connectivity index (χ3n) is 6.81. The maximum atomic E-state index is 13.1. The number of benzene rings is 2. The third-order valence-corrected chi connectivity index (χ3v) is 7.09. The van der Waals surface area contributed by atoms with E-state index in [0.717, 1.165) is 35.0 Å². The first kappa shape index (κ1) is 27.4. The molecule has 1 saturated heterocycles. The van der Waals surface area contributed by atoms with Gasteiger partial charge in [-0.1, -0.05) is 41.9 Å². The molecule has 206 valence electrons. The number of para-hydroxylation sites is 1. The van der Waals surface area contributed by atoms with E-state index in [0.29, 0.717) is 42.0 Å². The molecule has 0 unspecified atom stereocenters. The Hall–Kier alpha value is -4.21. The first-order valence-electron chi connectivity index (χ1n) is 13.2. The van der Waals surface area contributed by atoms with Crippen LogP contribution in [0.4, 0.5) is 17.3 Å². The lowest BCUT2D eigenvalue weighted by Gasteiger charge is -2.31. The average molecular weight is 558 g/mol. The summed E-state index contributed by atoms with van der Waals surface area (Å²) in [6.45, 7) is 1.76. The number of halogens is 1. The van der Waals surface area contributed by atoms with Crippen molar-refractivity contribution in [3.05, 3.63) is 78.1 Å². The molecule has 1 fully saturated rings. The Balaban J connectivity index is 1.25. The zero-order valence-electron chi connectivity index (χ0n) is 22.5. The number of carbonyl (C=O) groups excluding carboxylic acids is 2. The van der Waals surface area contributed by atoms with Gasteiger partial charge in [-0.25, -0.2) is 9.97 Å². The second-order valence-electron chi connectivity index (χ2n) is 10.1. The summed E-state index contributed by atoms with van der Waals surface area (Å²) < 4.78 is 0. The summed E-state index contributed by atoms with van der Waals surface area (Å²) in [6, 6.07) is 15.3. The van der Waals surface area contributed by atoms with Gasteiger partial charge in [0.2, 0.25) is 17.8 Å². The third kappa shape index (κ3) is 6.50. The first-order valence-corrected chi connectivity index (χ1v) is 13.6. The predicted molar refractivity (Wildman–Crippen MR) is 160 cm³/mol. The summed E-state index contributed by atoms with van der Waals surface area (Å²) in [5, 5.41) is 7.70. The molecule has 3 heterocycles. The van der Waals surface area contributed by atoms with Gasteiger partial charge in [0.05, 0.1) is 22.8 Å². The monoisotopic (exact) mass is 557 g/mol. The van der Waals surface area contributed by atoms with E-state index in [-0.39, 0.29) is 17.7 Å². The van der Waals surface area contributed by atoms with Gasteiger partial charge < -0.3 is 25.4 Å². The number of carbonyl (C=O) groups is 2. The summed E-state index contributed by atoms with van der Waals surface area (Å²) in [6.07, 6.45) is 8.44. The summed E-state index contributed by atoms with van der Waals surface area (Å²) >= 11 is 6.47. The number of amides is 2. The van der Waals surface area contributed by atoms with Gasteiger partial charge in [0, 0.05) is 59.7 Å². The number of nitrogens with one attached hydrogen (secondary N) is 3. The Morgan fingerprint density at radius 2 is 2.00 bits per heavy atom. The molecule has 40 heavy (non-hydrogen) atoms. The van der Waals surface area contributed by atoms with E-state index in [2.05, 4.69) is 25.6 Å². The minimum absolute atomic E-state index is 0.0551. The maximum Gasteiger partial charge on any atom is 0.246 e. The number of piperidine rings is 1. The second kappa shape index (κ2) is 12.3. The van der Waals surface area contributed by atoms with Crippen LogP contribution in [0.1, 0.15) is 12.8 Å². The molecule has 1 aliphatic rings. The number of fused-ring (bicyclic) bond motifs is 1. The molecule has 1 aliphatic heterocycles. The summed E-state index contributed by atoms with van der Waals surface area (Å²) in [5.41, 5.74) is 3.87. The van der Waals surface area contributed by atoms with E-state index in [1.54, 1.807) is 17.2 Å². The molecule has 10 heteroatoms. The van der Waals surface area contributed by atoms with Crippen molar-refractivity contribution < 1.29 is 9.59 Å². The van der Waals surface area contributed by atoms with Gasteiger partial charge in [0.15, 0.2) is 0 Å². The number of aromatic amines is 1. The van der Waals surface area contributed by atoms with Crippen molar-refractivity contribution in [3.63, 3.8) is 0 Å². The number of anilines is 3. The van der Waals surface area contributed by atoms with Crippen molar-refractivity contribution in [1.82, 2.24) is 24.8 Å². The highest BCUT2D eigenvalue weighted by Gasteiger charge is 2.27. The van der Waals surface area contributed by atoms with Crippen LogP contribution in [0, 0.1) is 5.92 Å². The van der Waals surface area contributed by atoms with Crippen LogP contribution < -0.4 is 10.6 Å². The van der Waals surface area contributed by atoms with Gasteiger partial charge >= 0.3 is 0 Å². The zero-order valence-corrected chi connectivity index (χ0v) is 23.3. The molecule has 4 aromatic rings. The molecule has 5 rings (SSSR count). The molecular formula is C30H32ClN7O2. The summed E-state index contributed by atoms with van der Waals surface area (Å²) in [7, 11) is 3.90. The van der Waals surface area contributed by atoms with Crippen LogP contribution in [0.2, 0.25) is 5.02 Å². The minimum Gasteiger partial charge on any atom is -0.360 e. The van der Waals surface area contributed by atoms with E-state index in [1.165, 1.54) is 0 Å². The maximum absolute atomic E-state index is 13.1. The van der Waals surface area contributed by atoms with Crippen molar-refractivity contribution in [2.75, 3.05) is 44.4 Å². The second-order valence-corrected chi connectivity index (χ2v) is 10.5. The van der Waals surface area contributed by atoms with E-state index in [4.69, 9.17) is 11.6 Å². The highest BCUT2D eigenvalue weighted by Crippen LogP contribution is 2.33. The molecule has 2 amide bonds. The molecule has 1 atom stereocenters. The smallest absolute Gasteiger partial charge is 0.246 e. The highest BCUT2D eigenvalue weighted by atomic mass is 35.5. The van der Waals surface area contributed by atoms with Gasteiger partial charge in [-0.3, -0.25) is 9.59 Å². The van der Waals surface area contributed by atoms with Crippen LogP contribution in [0.15, 0.2) is 73.1 Å². The number of nitrogens with zero attached hydrogens (tertiary/aromatic N) is 4. The van der Waals surface area contributed by atoms with Crippen LogP contribution >= 0.6 is 11.6 Å². The molecule has 0 radical (unpaired) electrons. The molecule has 2 aromatic heterocycles. The van der Waals surface area contributed by atoms with Crippen molar-refractivity contribution in [2.24, 2.45) is 5.92 Å². The standard InChI is InChI=1S/C30H32ClN7O2/c1-37(2)14-7-13-27(39)38-15-6-8-20(19-38)29(40)34-21-9-5-10-22(16-21)35-30-33-18-25(31)28(36-30)24-17-32-26-12-4-3-11-23(24)26/h3-5,7,9-13,16-18,20,32H,6,8,14-15,19H2,1-2H3,(H,34,40)(H,33,35,36)/b13-7+/t20-/m0/s1. The Labute approximate surface area is 238 Å². The normalized spacial score (nSPS) is 15.6.